The van der Waals surface area contributed by atoms with Gasteiger partial charge in [0.2, 0.25) is 0 Å². The zero-order valence-electron chi connectivity index (χ0n) is 13.7. The average Bonchev–Trinajstić information content (AvgIpc) is 3.30. The van der Waals surface area contributed by atoms with Crippen LogP contribution < -0.4 is 5.32 Å². The maximum atomic E-state index is 12.4. The first-order chi connectivity index (χ1) is 10.1. The molecule has 0 radical (unpaired) electrons. The maximum absolute atomic E-state index is 12.4. The molecule has 2 atom stereocenters. The molecule has 2 unspecified atom stereocenters. The lowest BCUT2D eigenvalue weighted by molar-refractivity contribution is -0.151. The summed E-state index contributed by atoms with van der Waals surface area (Å²) in [5.74, 6) is -0.0793. The van der Waals surface area contributed by atoms with Gasteiger partial charge in [-0.15, -0.1) is 0 Å². The van der Waals surface area contributed by atoms with Crippen LogP contribution >= 0.6 is 0 Å². The van der Waals surface area contributed by atoms with E-state index in [1.54, 1.807) is 7.11 Å². The van der Waals surface area contributed by atoms with Crippen molar-refractivity contribution in [3.05, 3.63) is 0 Å². The van der Waals surface area contributed by atoms with Crippen LogP contribution in [0.25, 0.3) is 0 Å². The molecule has 2 aliphatic carbocycles. The van der Waals surface area contributed by atoms with Gasteiger partial charge in [0, 0.05) is 32.3 Å². The van der Waals surface area contributed by atoms with Gasteiger partial charge in [0.1, 0.15) is 5.54 Å². The fourth-order valence-electron chi connectivity index (χ4n) is 3.45. The minimum absolute atomic E-state index is 0.0793. The van der Waals surface area contributed by atoms with Crippen LogP contribution in [0.4, 0.5) is 0 Å². The summed E-state index contributed by atoms with van der Waals surface area (Å²) in [6.07, 6.45) is 7.41. The Morgan fingerprint density at radius 2 is 2.10 bits per heavy atom. The predicted molar refractivity (Wildman–Crippen MR) is 82.3 cm³/mol. The molecular weight excluding hydrogens is 268 g/mol. The van der Waals surface area contributed by atoms with Crippen LogP contribution in [-0.2, 0) is 14.3 Å². The molecule has 1 N–H and O–H groups in total. The van der Waals surface area contributed by atoms with E-state index in [4.69, 9.17) is 9.47 Å². The highest BCUT2D eigenvalue weighted by atomic mass is 16.5. The summed E-state index contributed by atoms with van der Waals surface area (Å²) < 4.78 is 10.2. The van der Waals surface area contributed by atoms with E-state index in [2.05, 4.69) is 17.3 Å². The number of carbonyl (C=O) groups excluding carboxylic acids is 1. The Morgan fingerprint density at radius 3 is 2.71 bits per heavy atom. The Bertz CT molecular complexity index is 346. The Balaban J connectivity index is 1.96. The quantitative estimate of drug-likeness (QED) is 0.544. The Morgan fingerprint density at radius 1 is 1.33 bits per heavy atom. The molecule has 5 nitrogen and oxygen atoms in total. The van der Waals surface area contributed by atoms with E-state index in [-0.39, 0.29) is 5.97 Å². The average molecular weight is 298 g/mol. The number of rotatable bonds is 8. The minimum Gasteiger partial charge on any atom is -0.468 e. The molecule has 0 aromatic carbocycles. The van der Waals surface area contributed by atoms with Gasteiger partial charge in [-0.25, -0.2) is 0 Å². The van der Waals surface area contributed by atoms with Gasteiger partial charge in [-0.05, 0) is 52.0 Å². The van der Waals surface area contributed by atoms with E-state index in [0.29, 0.717) is 12.1 Å². The smallest absolute Gasteiger partial charge is 0.326 e. The fourth-order valence-corrected chi connectivity index (χ4v) is 3.45. The van der Waals surface area contributed by atoms with Crippen molar-refractivity contribution in [1.29, 1.82) is 0 Å². The SMILES string of the molecule is COCCCN(C)C1CCCC(NC2CC2)(C(=O)OC)C1. The number of esters is 1. The summed E-state index contributed by atoms with van der Waals surface area (Å²) in [6, 6.07) is 0.961. The molecule has 0 spiro atoms. The molecule has 2 saturated carbocycles. The molecule has 5 heteroatoms. The minimum atomic E-state index is -0.464. The first kappa shape index (κ1) is 16.7. The summed E-state index contributed by atoms with van der Waals surface area (Å²) in [5.41, 5.74) is -0.464. The number of methoxy groups -OCH3 is 2. The van der Waals surface area contributed by atoms with Gasteiger partial charge >= 0.3 is 5.97 Å². The van der Waals surface area contributed by atoms with E-state index in [1.165, 1.54) is 20.0 Å². The Labute approximate surface area is 128 Å². The molecule has 2 fully saturated rings. The first-order valence-electron chi connectivity index (χ1n) is 8.16. The topological polar surface area (TPSA) is 50.8 Å². The molecular formula is C16H30N2O3. The van der Waals surface area contributed by atoms with E-state index in [0.717, 1.165) is 45.3 Å². The fraction of sp³-hybridized carbons (Fsp3) is 0.938. The van der Waals surface area contributed by atoms with Gasteiger partial charge in [0.15, 0.2) is 0 Å². The van der Waals surface area contributed by atoms with Crippen LogP contribution in [0.5, 0.6) is 0 Å². The van der Waals surface area contributed by atoms with Gasteiger partial charge < -0.3 is 14.4 Å². The van der Waals surface area contributed by atoms with E-state index >= 15 is 0 Å². The van der Waals surface area contributed by atoms with Gasteiger partial charge in [-0.1, -0.05) is 0 Å². The molecule has 122 valence electrons. The second-order valence-corrected chi connectivity index (χ2v) is 6.57. The van der Waals surface area contributed by atoms with Gasteiger partial charge in [0.05, 0.1) is 7.11 Å². The number of hydrogen-bond donors (Lipinski definition) is 1. The van der Waals surface area contributed by atoms with Crippen molar-refractivity contribution in [2.24, 2.45) is 0 Å². The molecule has 0 aliphatic heterocycles. The molecule has 0 aromatic heterocycles. The number of carbonyl (C=O) groups is 1. The van der Waals surface area contributed by atoms with Crippen molar-refractivity contribution in [1.82, 2.24) is 10.2 Å². The first-order valence-corrected chi connectivity index (χ1v) is 8.16. The number of nitrogens with one attached hydrogen (secondary N) is 1. The van der Waals surface area contributed by atoms with E-state index in [1.807, 2.05) is 0 Å². The third kappa shape index (κ3) is 4.41. The lowest BCUT2D eigenvalue weighted by Gasteiger charge is -2.42. The molecule has 0 aromatic rings. The van der Waals surface area contributed by atoms with Crippen LogP contribution in [0.2, 0.25) is 0 Å². The van der Waals surface area contributed by atoms with Crippen LogP contribution in [0.1, 0.15) is 44.9 Å². The third-order valence-electron chi connectivity index (χ3n) is 4.84. The van der Waals surface area contributed by atoms with Crippen molar-refractivity contribution >= 4 is 5.97 Å². The number of nitrogens with zero attached hydrogens (tertiary/aromatic N) is 1. The van der Waals surface area contributed by atoms with Gasteiger partial charge in [0.25, 0.3) is 0 Å². The standard InChI is InChI=1S/C16H30N2O3/c1-18(10-5-11-20-2)14-6-4-9-16(12-14,15(19)21-3)17-13-7-8-13/h13-14,17H,4-12H2,1-3H3. The van der Waals surface area contributed by atoms with Gasteiger partial charge in [-0.2, -0.15) is 0 Å². The van der Waals surface area contributed by atoms with Crippen LogP contribution in [-0.4, -0.2) is 62.9 Å². The second kappa shape index (κ2) is 7.56. The maximum Gasteiger partial charge on any atom is 0.326 e. The summed E-state index contributed by atoms with van der Waals surface area (Å²) in [6.45, 7) is 1.80. The van der Waals surface area contributed by atoms with E-state index < -0.39 is 5.54 Å². The largest absolute Gasteiger partial charge is 0.468 e. The summed E-state index contributed by atoms with van der Waals surface area (Å²) in [4.78, 5) is 14.7. The lowest BCUT2D eigenvalue weighted by Crippen LogP contribution is -2.59. The predicted octanol–water partition coefficient (Wildman–Crippen LogP) is 1.56. The molecule has 0 saturated heterocycles. The van der Waals surface area contributed by atoms with Crippen LogP contribution in [0.15, 0.2) is 0 Å². The van der Waals surface area contributed by atoms with Gasteiger partial charge in [-0.3, -0.25) is 10.1 Å². The summed E-state index contributed by atoms with van der Waals surface area (Å²) in [5, 5.41) is 3.58. The third-order valence-corrected chi connectivity index (χ3v) is 4.84. The Hall–Kier alpha value is -0.650. The molecule has 0 heterocycles. The van der Waals surface area contributed by atoms with Crippen molar-refractivity contribution in [2.75, 3.05) is 34.4 Å². The highest BCUT2D eigenvalue weighted by Gasteiger charge is 2.47. The zero-order chi connectivity index (χ0) is 15.3. The monoisotopic (exact) mass is 298 g/mol. The summed E-state index contributed by atoms with van der Waals surface area (Å²) >= 11 is 0. The van der Waals surface area contributed by atoms with Crippen LogP contribution in [0, 0.1) is 0 Å². The second-order valence-electron chi connectivity index (χ2n) is 6.57. The molecule has 21 heavy (non-hydrogen) atoms. The number of hydrogen-bond acceptors (Lipinski definition) is 5. The molecule has 0 amide bonds. The van der Waals surface area contributed by atoms with Crippen molar-refractivity contribution < 1.29 is 14.3 Å². The Kier molecular flexibility index (Phi) is 6.02. The van der Waals surface area contributed by atoms with Crippen molar-refractivity contribution in [2.45, 2.75) is 62.6 Å². The highest BCUT2D eigenvalue weighted by Crippen LogP contribution is 2.35. The van der Waals surface area contributed by atoms with Crippen molar-refractivity contribution in [3.63, 3.8) is 0 Å². The highest BCUT2D eigenvalue weighted by molar-refractivity contribution is 5.81. The normalized spacial score (nSPS) is 29.6. The van der Waals surface area contributed by atoms with E-state index in [9.17, 15) is 4.79 Å². The molecule has 2 aliphatic rings. The van der Waals surface area contributed by atoms with Crippen LogP contribution in [0.3, 0.4) is 0 Å². The number of ether oxygens (including phenoxy) is 2. The zero-order valence-corrected chi connectivity index (χ0v) is 13.7. The van der Waals surface area contributed by atoms with Crippen molar-refractivity contribution in [3.8, 4) is 0 Å². The molecule has 0 bridgehead atoms. The lowest BCUT2D eigenvalue weighted by atomic mass is 9.78. The summed E-state index contributed by atoms with van der Waals surface area (Å²) in [7, 11) is 5.40. The molecule has 2 rings (SSSR count).